The summed E-state index contributed by atoms with van der Waals surface area (Å²) in [5.74, 6) is 0. The van der Waals surface area contributed by atoms with Gasteiger partial charge in [-0.3, -0.25) is 0 Å². The highest BCUT2D eigenvalue weighted by molar-refractivity contribution is 6.22. The fourth-order valence-electron chi connectivity index (χ4n) is 2.48. The monoisotopic (exact) mass is 280 g/mol. The smallest absolute Gasteiger partial charge is 0.0835 e. The molecule has 0 radical (unpaired) electrons. The van der Waals surface area contributed by atoms with Gasteiger partial charge in [-0.1, -0.05) is 54.6 Å². The molecular formula is C19H17Cl. The molecule has 3 rings (SSSR count). The quantitative estimate of drug-likeness (QED) is 0.522. The molecule has 0 heterocycles. The highest BCUT2D eigenvalue weighted by Crippen LogP contribution is 2.31. The van der Waals surface area contributed by atoms with Crippen molar-refractivity contribution >= 4 is 22.4 Å². The van der Waals surface area contributed by atoms with Gasteiger partial charge < -0.3 is 0 Å². The number of aryl methyl sites for hydroxylation is 2. The molecule has 1 heteroatoms. The van der Waals surface area contributed by atoms with Crippen molar-refractivity contribution in [3.63, 3.8) is 0 Å². The van der Waals surface area contributed by atoms with Gasteiger partial charge in [0.15, 0.2) is 0 Å². The minimum Gasteiger partial charge on any atom is -0.113 e. The lowest BCUT2D eigenvalue weighted by molar-refractivity contribution is 1.13. The summed E-state index contributed by atoms with van der Waals surface area (Å²) in [5.41, 5.74) is 4.89. The summed E-state index contributed by atoms with van der Waals surface area (Å²) in [4.78, 5) is 0. The summed E-state index contributed by atoms with van der Waals surface area (Å²) < 4.78 is 0. The van der Waals surface area contributed by atoms with Crippen LogP contribution in [0.1, 0.15) is 27.6 Å². The minimum absolute atomic E-state index is 0.0982. The van der Waals surface area contributed by atoms with E-state index in [1.54, 1.807) is 0 Å². The van der Waals surface area contributed by atoms with Gasteiger partial charge in [-0.2, -0.15) is 0 Å². The molecule has 0 N–H and O–H groups in total. The summed E-state index contributed by atoms with van der Waals surface area (Å²) in [6, 6.07) is 21.3. The number of rotatable bonds is 2. The van der Waals surface area contributed by atoms with Crippen molar-refractivity contribution in [3.8, 4) is 0 Å². The van der Waals surface area contributed by atoms with Gasteiger partial charge in [0.1, 0.15) is 0 Å². The van der Waals surface area contributed by atoms with Gasteiger partial charge in [-0.15, -0.1) is 11.6 Å². The summed E-state index contributed by atoms with van der Waals surface area (Å²) in [6.45, 7) is 4.25. The standard InChI is InChI=1S/C19H17Cl/c1-13-7-8-17(11-14(13)2)19(20)18-10-9-15-5-3-4-6-16(15)12-18/h3-12,19H,1-2H3. The number of fused-ring (bicyclic) bond motifs is 1. The van der Waals surface area contributed by atoms with Crippen LogP contribution in [0.2, 0.25) is 0 Å². The Balaban J connectivity index is 2.02. The number of hydrogen-bond acceptors (Lipinski definition) is 0. The third kappa shape index (κ3) is 2.44. The Hall–Kier alpha value is -1.79. The van der Waals surface area contributed by atoms with E-state index in [2.05, 4.69) is 74.5 Å². The molecule has 100 valence electrons. The van der Waals surface area contributed by atoms with Gasteiger partial charge in [0.25, 0.3) is 0 Å². The van der Waals surface area contributed by atoms with Crippen LogP contribution in [0, 0.1) is 13.8 Å². The highest BCUT2D eigenvalue weighted by atomic mass is 35.5. The zero-order chi connectivity index (χ0) is 14.1. The Morgan fingerprint density at radius 3 is 2.10 bits per heavy atom. The molecule has 0 aliphatic heterocycles. The Morgan fingerprint density at radius 1 is 0.700 bits per heavy atom. The van der Waals surface area contributed by atoms with E-state index >= 15 is 0 Å². The van der Waals surface area contributed by atoms with E-state index in [1.807, 2.05) is 0 Å². The van der Waals surface area contributed by atoms with Crippen LogP contribution in [0.15, 0.2) is 60.7 Å². The molecule has 0 saturated carbocycles. The maximum absolute atomic E-state index is 6.66. The molecule has 0 nitrogen and oxygen atoms in total. The number of halogens is 1. The van der Waals surface area contributed by atoms with Crippen molar-refractivity contribution in [1.82, 2.24) is 0 Å². The lowest BCUT2D eigenvalue weighted by Crippen LogP contribution is -1.95. The zero-order valence-corrected chi connectivity index (χ0v) is 12.5. The van der Waals surface area contributed by atoms with E-state index in [-0.39, 0.29) is 5.38 Å². The summed E-state index contributed by atoms with van der Waals surface area (Å²) in [7, 11) is 0. The van der Waals surface area contributed by atoms with Crippen molar-refractivity contribution in [2.45, 2.75) is 19.2 Å². The summed E-state index contributed by atoms with van der Waals surface area (Å²) >= 11 is 6.66. The Labute approximate surface area is 125 Å². The van der Waals surface area contributed by atoms with Crippen LogP contribution in [0.4, 0.5) is 0 Å². The maximum atomic E-state index is 6.66. The minimum atomic E-state index is -0.0982. The first kappa shape index (κ1) is 13.2. The molecule has 0 amide bonds. The molecule has 20 heavy (non-hydrogen) atoms. The predicted molar refractivity (Wildman–Crippen MR) is 87.6 cm³/mol. The van der Waals surface area contributed by atoms with E-state index in [9.17, 15) is 0 Å². The number of alkyl halides is 1. The summed E-state index contributed by atoms with van der Waals surface area (Å²) in [6.07, 6.45) is 0. The van der Waals surface area contributed by atoms with Gasteiger partial charge in [0, 0.05) is 0 Å². The first-order chi connectivity index (χ1) is 9.65. The molecule has 1 atom stereocenters. The normalized spacial score (nSPS) is 12.6. The number of benzene rings is 3. The van der Waals surface area contributed by atoms with Crippen molar-refractivity contribution in [2.24, 2.45) is 0 Å². The van der Waals surface area contributed by atoms with E-state index < -0.39 is 0 Å². The van der Waals surface area contributed by atoms with E-state index in [0.29, 0.717) is 0 Å². The average molecular weight is 281 g/mol. The van der Waals surface area contributed by atoms with Gasteiger partial charge in [0.2, 0.25) is 0 Å². The van der Waals surface area contributed by atoms with Crippen molar-refractivity contribution < 1.29 is 0 Å². The van der Waals surface area contributed by atoms with Crippen LogP contribution in [-0.4, -0.2) is 0 Å². The lowest BCUT2D eigenvalue weighted by atomic mass is 9.98. The number of hydrogen-bond donors (Lipinski definition) is 0. The van der Waals surface area contributed by atoms with Gasteiger partial charge >= 0.3 is 0 Å². The molecule has 0 bridgehead atoms. The van der Waals surface area contributed by atoms with Crippen molar-refractivity contribution in [2.75, 3.05) is 0 Å². The third-order valence-electron chi connectivity index (χ3n) is 3.89. The SMILES string of the molecule is Cc1ccc(C(Cl)c2ccc3ccccc3c2)cc1C. The molecule has 0 aromatic heterocycles. The topological polar surface area (TPSA) is 0 Å². The van der Waals surface area contributed by atoms with Crippen molar-refractivity contribution in [1.29, 1.82) is 0 Å². The predicted octanol–water partition coefficient (Wildman–Crippen LogP) is 5.78. The Kier molecular flexibility index (Phi) is 3.50. The van der Waals surface area contributed by atoms with E-state index in [0.717, 1.165) is 11.1 Å². The van der Waals surface area contributed by atoms with Crippen LogP contribution >= 0.6 is 11.6 Å². The van der Waals surface area contributed by atoms with E-state index in [1.165, 1.54) is 21.9 Å². The Bertz CT molecular complexity index is 759. The van der Waals surface area contributed by atoms with Gasteiger partial charge in [-0.25, -0.2) is 0 Å². The fraction of sp³-hybridized carbons (Fsp3) is 0.158. The van der Waals surface area contributed by atoms with Crippen LogP contribution in [0.5, 0.6) is 0 Å². The molecule has 1 unspecified atom stereocenters. The first-order valence-corrected chi connectivity index (χ1v) is 7.29. The zero-order valence-electron chi connectivity index (χ0n) is 11.7. The first-order valence-electron chi connectivity index (χ1n) is 6.85. The second-order valence-electron chi connectivity index (χ2n) is 5.31. The van der Waals surface area contributed by atoms with Crippen molar-refractivity contribution in [3.05, 3.63) is 82.9 Å². The molecule has 3 aromatic carbocycles. The second kappa shape index (κ2) is 5.30. The Morgan fingerprint density at radius 2 is 1.35 bits per heavy atom. The molecule has 3 aromatic rings. The fourth-order valence-corrected chi connectivity index (χ4v) is 2.75. The van der Waals surface area contributed by atoms with Crippen LogP contribution in [0.25, 0.3) is 10.8 Å². The van der Waals surface area contributed by atoms with E-state index in [4.69, 9.17) is 11.6 Å². The maximum Gasteiger partial charge on any atom is 0.0835 e. The third-order valence-corrected chi connectivity index (χ3v) is 4.39. The van der Waals surface area contributed by atoms with Crippen LogP contribution in [-0.2, 0) is 0 Å². The van der Waals surface area contributed by atoms with Crippen LogP contribution < -0.4 is 0 Å². The average Bonchev–Trinajstić information content (AvgIpc) is 2.49. The molecular weight excluding hydrogens is 264 g/mol. The molecule has 0 aliphatic carbocycles. The van der Waals surface area contributed by atoms with Gasteiger partial charge in [-0.05, 0) is 52.9 Å². The van der Waals surface area contributed by atoms with Gasteiger partial charge in [0.05, 0.1) is 5.38 Å². The molecule has 0 saturated heterocycles. The molecule has 0 aliphatic rings. The molecule has 0 fully saturated rings. The van der Waals surface area contributed by atoms with Crippen LogP contribution in [0.3, 0.4) is 0 Å². The largest absolute Gasteiger partial charge is 0.113 e. The summed E-state index contributed by atoms with van der Waals surface area (Å²) in [5, 5.41) is 2.39. The lowest BCUT2D eigenvalue weighted by Gasteiger charge is -2.13. The highest BCUT2D eigenvalue weighted by Gasteiger charge is 2.11. The second-order valence-corrected chi connectivity index (χ2v) is 5.75. The molecule has 0 spiro atoms.